The summed E-state index contributed by atoms with van der Waals surface area (Å²) in [6, 6.07) is 8.51. The average Bonchev–Trinajstić information content (AvgIpc) is 2.58. The fourth-order valence-electron chi connectivity index (χ4n) is 3.06. The fourth-order valence-corrected chi connectivity index (χ4v) is 3.06. The molecule has 1 atom stereocenters. The van der Waals surface area contributed by atoms with E-state index in [-0.39, 0.29) is 24.0 Å². The number of nitrogens with zero attached hydrogens (tertiary/aromatic N) is 3. The van der Waals surface area contributed by atoms with Gasteiger partial charge >= 0.3 is 0 Å². The molecule has 0 aromatic heterocycles. The highest BCUT2D eigenvalue weighted by Gasteiger charge is 2.15. The predicted octanol–water partition coefficient (Wildman–Crippen LogP) is 2.59. The zero-order valence-corrected chi connectivity index (χ0v) is 18.3. The molecule has 1 aromatic rings. The van der Waals surface area contributed by atoms with Gasteiger partial charge in [-0.25, -0.2) is 0 Å². The summed E-state index contributed by atoms with van der Waals surface area (Å²) < 4.78 is 5.41. The second kappa shape index (κ2) is 11.7. The molecule has 1 unspecified atom stereocenters. The number of benzene rings is 1. The second-order valence-corrected chi connectivity index (χ2v) is 6.73. The predicted molar refractivity (Wildman–Crippen MR) is 116 cm³/mol. The molecule has 1 fully saturated rings. The lowest BCUT2D eigenvalue weighted by Gasteiger charge is -2.30. The van der Waals surface area contributed by atoms with E-state index >= 15 is 0 Å². The van der Waals surface area contributed by atoms with E-state index in [0.29, 0.717) is 5.92 Å². The summed E-state index contributed by atoms with van der Waals surface area (Å²) in [6.07, 6.45) is 0. The minimum Gasteiger partial charge on any atom is -0.379 e. The lowest BCUT2D eigenvalue weighted by Crippen LogP contribution is -2.44. The number of hydrogen-bond donors (Lipinski definition) is 1. The highest BCUT2D eigenvalue weighted by Crippen LogP contribution is 2.09. The Balaban J connectivity index is 0.00000312. The number of guanidine groups is 1. The van der Waals surface area contributed by atoms with E-state index in [9.17, 15) is 0 Å². The second-order valence-electron chi connectivity index (χ2n) is 6.73. The zero-order chi connectivity index (χ0) is 17.4. The number of hydrogen-bond acceptors (Lipinski definition) is 3. The maximum Gasteiger partial charge on any atom is 0.193 e. The van der Waals surface area contributed by atoms with E-state index in [4.69, 9.17) is 4.74 Å². The Labute approximate surface area is 169 Å². The van der Waals surface area contributed by atoms with Gasteiger partial charge in [0.15, 0.2) is 5.96 Å². The highest BCUT2D eigenvalue weighted by atomic mass is 127. The Morgan fingerprint density at radius 3 is 2.64 bits per heavy atom. The van der Waals surface area contributed by atoms with Crippen molar-refractivity contribution in [1.82, 2.24) is 15.1 Å². The summed E-state index contributed by atoms with van der Waals surface area (Å²) in [7, 11) is 3.94. The molecule has 0 aliphatic carbocycles. The first-order chi connectivity index (χ1) is 11.6. The summed E-state index contributed by atoms with van der Waals surface area (Å²) >= 11 is 0. The van der Waals surface area contributed by atoms with Crippen LogP contribution in [0.1, 0.15) is 18.1 Å². The van der Waals surface area contributed by atoms with E-state index in [1.165, 1.54) is 11.1 Å². The first-order valence-electron chi connectivity index (χ1n) is 8.86. The van der Waals surface area contributed by atoms with E-state index in [1.807, 2.05) is 7.05 Å². The lowest BCUT2D eigenvalue weighted by atomic mass is 10.1. The number of aryl methyl sites for hydroxylation is 1. The Morgan fingerprint density at radius 1 is 1.32 bits per heavy atom. The molecule has 25 heavy (non-hydrogen) atoms. The van der Waals surface area contributed by atoms with Crippen LogP contribution in [0.25, 0.3) is 0 Å². The SMILES string of the molecule is CN=C(NCC(C)CN1CCOCC1)N(C)Cc1ccccc1C.I. The molecule has 1 aliphatic rings. The van der Waals surface area contributed by atoms with Crippen molar-refractivity contribution >= 4 is 29.9 Å². The molecule has 1 aromatic carbocycles. The molecule has 0 radical (unpaired) electrons. The minimum absolute atomic E-state index is 0. The molecule has 6 heteroatoms. The van der Waals surface area contributed by atoms with Crippen LogP contribution in [0.3, 0.4) is 0 Å². The number of rotatable bonds is 6. The monoisotopic (exact) mass is 460 g/mol. The van der Waals surface area contributed by atoms with Gasteiger partial charge in [-0.2, -0.15) is 0 Å². The maximum atomic E-state index is 5.41. The van der Waals surface area contributed by atoms with Crippen molar-refractivity contribution < 1.29 is 4.74 Å². The van der Waals surface area contributed by atoms with Crippen LogP contribution in [0.15, 0.2) is 29.3 Å². The van der Waals surface area contributed by atoms with Gasteiger partial charge in [0.25, 0.3) is 0 Å². The third kappa shape index (κ3) is 7.50. The van der Waals surface area contributed by atoms with Crippen LogP contribution in [-0.4, -0.2) is 69.2 Å². The smallest absolute Gasteiger partial charge is 0.193 e. The number of halogens is 1. The van der Waals surface area contributed by atoms with Crippen molar-refractivity contribution in [1.29, 1.82) is 0 Å². The topological polar surface area (TPSA) is 40.1 Å². The molecule has 1 aliphatic heterocycles. The third-order valence-electron chi connectivity index (χ3n) is 4.52. The molecule has 0 spiro atoms. The zero-order valence-electron chi connectivity index (χ0n) is 16.0. The van der Waals surface area contributed by atoms with Gasteiger partial charge in [0, 0.05) is 46.8 Å². The van der Waals surface area contributed by atoms with Crippen LogP contribution in [0.5, 0.6) is 0 Å². The number of aliphatic imine (C=N–C) groups is 1. The van der Waals surface area contributed by atoms with Gasteiger partial charge in [-0.15, -0.1) is 24.0 Å². The van der Waals surface area contributed by atoms with Gasteiger partial charge in [-0.05, 0) is 24.0 Å². The van der Waals surface area contributed by atoms with Crippen molar-refractivity contribution in [2.45, 2.75) is 20.4 Å². The molecule has 0 saturated carbocycles. The molecular formula is C19H33IN4O. The number of nitrogens with one attached hydrogen (secondary N) is 1. The van der Waals surface area contributed by atoms with Crippen molar-refractivity contribution in [3.63, 3.8) is 0 Å². The lowest BCUT2D eigenvalue weighted by molar-refractivity contribution is 0.0320. The minimum atomic E-state index is 0. The molecule has 2 rings (SSSR count). The van der Waals surface area contributed by atoms with E-state index in [0.717, 1.165) is 51.9 Å². The molecule has 0 bridgehead atoms. The number of morpholine rings is 1. The fraction of sp³-hybridized carbons (Fsp3) is 0.632. The average molecular weight is 460 g/mol. The van der Waals surface area contributed by atoms with Crippen LogP contribution in [0, 0.1) is 12.8 Å². The first-order valence-corrected chi connectivity index (χ1v) is 8.86. The van der Waals surface area contributed by atoms with Gasteiger partial charge in [0.2, 0.25) is 0 Å². The van der Waals surface area contributed by atoms with E-state index in [1.54, 1.807) is 0 Å². The first kappa shape index (κ1) is 22.2. The quantitative estimate of drug-likeness (QED) is 0.403. The standard InChI is InChI=1S/C19H32N4O.HI/c1-16(14-23-9-11-24-12-10-23)13-21-19(20-3)22(4)15-18-8-6-5-7-17(18)2;/h5-8,16H,9-15H2,1-4H3,(H,20,21);1H. The molecule has 5 nitrogen and oxygen atoms in total. The molecule has 142 valence electrons. The molecule has 0 amide bonds. The Kier molecular flexibility index (Phi) is 10.4. The van der Waals surface area contributed by atoms with Crippen molar-refractivity contribution in [2.75, 3.05) is 53.5 Å². The van der Waals surface area contributed by atoms with Crippen LogP contribution in [0.2, 0.25) is 0 Å². The summed E-state index contributed by atoms with van der Waals surface area (Å²) in [6.45, 7) is 11.2. The maximum absolute atomic E-state index is 5.41. The van der Waals surface area contributed by atoms with Crippen molar-refractivity contribution in [2.24, 2.45) is 10.9 Å². The Hall–Kier alpha value is -0.860. The molecule has 1 N–H and O–H groups in total. The van der Waals surface area contributed by atoms with E-state index in [2.05, 4.69) is 65.3 Å². The van der Waals surface area contributed by atoms with Gasteiger partial charge in [0.05, 0.1) is 13.2 Å². The Bertz CT molecular complexity index is 532. The summed E-state index contributed by atoms with van der Waals surface area (Å²) in [5, 5.41) is 3.52. The normalized spacial score (nSPS) is 16.9. The van der Waals surface area contributed by atoms with Crippen LogP contribution in [0.4, 0.5) is 0 Å². The molecule has 1 heterocycles. The van der Waals surface area contributed by atoms with Crippen LogP contribution in [-0.2, 0) is 11.3 Å². The van der Waals surface area contributed by atoms with Crippen molar-refractivity contribution in [3.8, 4) is 0 Å². The Morgan fingerprint density at radius 2 is 2.00 bits per heavy atom. The summed E-state index contributed by atoms with van der Waals surface area (Å²) in [5.41, 5.74) is 2.66. The van der Waals surface area contributed by atoms with Gasteiger partial charge in [-0.3, -0.25) is 9.89 Å². The summed E-state index contributed by atoms with van der Waals surface area (Å²) in [4.78, 5) is 9.10. The van der Waals surface area contributed by atoms with Gasteiger partial charge in [0.1, 0.15) is 0 Å². The largest absolute Gasteiger partial charge is 0.379 e. The van der Waals surface area contributed by atoms with Crippen LogP contribution >= 0.6 is 24.0 Å². The van der Waals surface area contributed by atoms with Gasteiger partial charge in [-0.1, -0.05) is 31.2 Å². The van der Waals surface area contributed by atoms with E-state index < -0.39 is 0 Å². The molecule has 1 saturated heterocycles. The van der Waals surface area contributed by atoms with Gasteiger partial charge < -0.3 is 15.0 Å². The third-order valence-corrected chi connectivity index (χ3v) is 4.52. The highest BCUT2D eigenvalue weighted by molar-refractivity contribution is 14.0. The molecular weight excluding hydrogens is 427 g/mol. The summed E-state index contributed by atoms with van der Waals surface area (Å²) in [5.74, 6) is 1.53. The van der Waals surface area contributed by atoms with Crippen molar-refractivity contribution in [3.05, 3.63) is 35.4 Å². The number of ether oxygens (including phenoxy) is 1. The van der Waals surface area contributed by atoms with Crippen LogP contribution < -0.4 is 5.32 Å².